The van der Waals surface area contributed by atoms with Crippen molar-refractivity contribution in [3.63, 3.8) is 0 Å². The van der Waals surface area contributed by atoms with Crippen molar-refractivity contribution in [3.05, 3.63) is 28.8 Å². The Labute approximate surface area is 122 Å². The zero-order valence-corrected chi connectivity index (χ0v) is 13.0. The van der Waals surface area contributed by atoms with Gasteiger partial charge in [-0.3, -0.25) is 0 Å². The molecule has 1 aliphatic rings. The molecule has 0 aliphatic heterocycles. The fourth-order valence-electron chi connectivity index (χ4n) is 3.16. The van der Waals surface area contributed by atoms with Crippen LogP contribution in [0.2, 0.25) is 5.02 Å². The van der Waals surface area contributed by atoms with Gasteiger partial charge < -0.3 is 10.2 Å². The van der Waals surface area contributed by atoms with Crippen LogP contribution in [0.25, 0.3) is 0 Å². The number of benzene rings is 1. The minimum atomic E-state index is 0.651. The second-order valence-corrected chi connectivity index (χ2v) is 6.28. The number of halogens is 1. The van der Waals surface area contributed by atoms with E-state index in [4.69, 9.17) is 11.6 Å². The topological polar surface area (TPSA) is 15.3 Å². The summed E-state index contributed by atoms with van der Waals surface area (Å²) in [6.07, 6.45) is 5.32. The molecule has 0 heterocycles. The van der Waals surface area contributed by atoms with E-state index < -0.39 is 0 Å². The molecule has 0 amide bonds. The highest BCUT2D eigenvalue weighted by atomic mass is 35.5. The maximum atomic E-state index is 6.18. The Morgan fingerprint density at radius 2 is 2.16 bits per heavy atom. The minimum absolute atomic E-state index is 0.651. The number of hydrogen-bond donors (Lipinski definition) is 1. The molecular weight excluding hydrogens is 256 g/mol. The molecule has 1 aliphatic carbocycles. The molecule has 2 rings (SSSR count). The van der Waals surface area contributed by atoms with Gasteiger partial charge in [-0.25, -0.2) is 0 Å². The van der Waals surface area contributed by atoms with Crippen molar-refractivity contribution in [1.82, 2.24) is 5.32 Å². The van der Waals surface area contributed by atoms with E-state index in [-0.39, 0.29) is 0 Å². The average Bonchev–Trinajstić information content (AvgIpc) is 2.40. The molecule has 1 aromatic carbocycles. The Kier molecular flexibility index (Phi) is 5.12. The summed E-state index contributed by atoms with van der Waals surface area (Å²) in [6.45, 7) is 3.26. The van der Waals surface area contributed by atoms with E-state index in [1.165, 1.54) is 36.9 Å². The quantitative estimate of drug-likeness (QED) is 0.894. The van der Waals surface area contributed by atoms with Crippen LogP contribution in [0.3, 0.4) is 0 Å². The van der Waals surface area contributed by atoms with E-state index in [9.17, 15) is 0 Å². The number of hydrogen-bond acceptors (Lipinski definition) is 2. The van der Waals surface area contributed by atoms with Gasteiger partial charge in [-0.2, -0.15) is 0 Å². The Bertz CT molecular complexity index is 419. The first-order valence-electron chi connectivity index (χ1n) is 7.27. The highest BCUT2D eigenvalue weighted by molar-refractivity contribution is 6.30. The van der Waals surface area contributed by atoms with Crippen LogP contribution >= 0.6 is 11.6 Å². The lowest BCUT2D eigenvalue weighted by atomic mass is 9.86. The van der Waals surface area contributed by atoms with Crippen molar-refractivity contribution in [2.24, 2.45) is 5.92 Å². The standard InChI is InChI=1S/C16H25ClN2/c1-12-5-4-6-15(9-12)19(3)16-10-14(17)8-7-13(16)11-18-2/h7-8,10,12,15,18H,4-6,9,11H2,1-3H3. The highest BCUT2D eigenvalue weighted by Gasteiger charge is 2.23. The molecule has 1 fully saturated rings. The minimum Gasteiger partial charge on any atom is -0.371 e. The molecule has 1 aromatic rings. The van der Waals surface area contributed by atoms with Crippen molar-refractivity contribution in [1.29, 1.82) is 0 Å². The Balaban J connectivity index is 2.21. The van der Waals surface area contributed by atoms with Crippen molar-refractivity contribution >= 4 is 17.3 Å². The summed E-state index contributed by atoms with van der Waals surface area (Å²) in [6, 6.07) is 6.87. The summed E-state index contributed by atoms with van der Waals surface area (Å²) < 4.78 is 0. The average molecular weight is 281 g/mol. The molecule has 0 bridgehead atoms. The van der Waals surface area contributed by atoms with Crippen molar-refractivity contribution < 1.29 is 0 Å². The third kappa shape index (κ3) is 3.64. The predicted octanol–water partition coefficient (Wildman–Crippen LogP) is 4.07. The first kappa shape index (κ1) is 14.7. The number of nitrogens with one attached hydrogen (secondary N) is 1. The molecule has 2 atom stereocenters. The second-order valence-electron chi connectivity index (χ2n) is 5.84. The van der Waals surface area contributed by atoms with Gasteiger partial charge in [-0.05, 0) is 43.5 Å². The third-order valence-electron chi connectivity index (χ3n) is 4.25. The van der Waals surface area contributed by atoms with Gasteiger partial charge in [0.15, 0.2) is 0 Å². The second kappa shape index (κ2) is 6.62. The molecule has 106 valence electrons. The van der Waals surface area contributed by atoms with E-state index in [0.717, 1.165) is 17.5 Å². The monoisotopic (exact) mass is 280 g/mol. The summed E-state index contributed by atoms with van der Waals surface area (Å²) in [5.74, 6) is 0.841. The maximum absolute atomic E-state index is 6.18. The van der Waals surface area contributed by atoms with Gasteiger partial charge in [0, 0.05) is 30.3 Å². The fraction of sp³-hybridized carbons (Fsp3) is 0.625. The predicted molar refractivity (Wildman–Crippen MR) is 84.0 cm³/mol. The molecular formula is C16H25ClN2. The van der Waals surface area contributed by atoms with E-state index in [1.54, 1.807) is 0 Å². The highest BCUT2D eigenvalue weighted by Crippen LogP contribution is 2.32. The summed E-state index contributed by atoms with van der Waals surface area (Å²) in [5.41, 5.74) is 2.61. The van der Waals surface area contributed by atoms with Gasteiger partial charge in [0.05, 0.1) is 0 Å². The molecule has 3 heteroatoms. The Hall–Kier alpha value is -0.730. The molecule has 0 radical (unpaired) electrons. The summed E-state index contributed by atoms with van der Waals surface area (Å²) in [4.78, 5) is 2.44. The molecule has 0 spiro atoms. The number of anilines is 1. The van der Waals surface area contributed by atoms with Crippen LogP contribution in [0.4, 0.5) is 5.69 Å². The number of rotatable bonds is 4. The summed E-state index contributed by atoms with van der Waals surface area (Å²) in [5, 5.41) is 4.07. The first-order chi connectivity index (χ1) is 9.11. The summed E-state index contributed by atoms with van der Waals surface area (Å²) >= 11 is 6.18. The summed E-state index contributed by atoms with van der Waals surface area (Å²) in [7, 11) is 4.20. The number of nitrogens with zero attached hydrogens (tertiary/aromatic N) is 1. The largest absolute Gasteiger partial charge is 0.371 e. The van der Waals surface area contributed by atoms with Crippen molar-refractivity contribution in [2.45, 2.75) is 45.2 Å². The van der Waals surface area contributed by atoms with E-state index in [2.05, 4.69) is 36.3 Å². The smallest absolute Gasteiger partial charge is 0.0426 e. The lowest BCUT2D eigenvalue weighted by Gasteiger charge is -2.36. The van der Waals surface area contributed by atoms with E-state index in [0.29, 0.717) is 6.04 Å². The third-order valence-corrected chi connectivity index (χ3v) is 4.49. The zero-order chi connectivity index (χ0) is 13.8. The van der Waals surface area contributed by atoms with Crippen molar-refractivity contribution in [3.8, 4) is 0 Å². The van der Waals surface area contributed by atoms with Crippen LogP contribution in [-0.2, 0) is 6.54 Å². The van der Waals surface area contributed by atoms with Crippen LogP contribution in [-0.4, -0.2) is 20.1 Å². The van der Waals surface area contributed by atoms with Crippen molar-refractivity contribution in [2.75, 3.05) is 19.0 Å². The van der Waals surface area contributed by atoms with Gasteiger partial charge in [-0.1, -0.05) is 37.4 Å². The fourth-order valence-corrected chi connectivity index (χ4v) is 3.32. The zero-order valence-electron chi connectivity index (χ0n) is 12.2. The lowest BCUT2D eigenvalue weighted by molar-refractivity contribution is 0.336. The van der Waals surface area contributed by atoms with E-state index in [1.807, 2.05) is 13.1 Å². The van der Waals surface area contributed by atoms with Crippen LogP contribution < -0.4 is 10.2 Å². The van der Waals surface area contributed by atoms with Gasteiger partial charge >= 0.3 is 0 Å². The maximum Gasteiger partial charge on any atom is 0.0426 e. The molecule has 1 N–H and O–H groups in total. The molecule has 2 nitrogen and oxygen atoms in total. The SMILES string of the molecule is CNCc1ccc(Cl)cc1N(C)C1CCCC(C)C1. The lowest BCUT2D eigenvalue weighted by Crippen LogP contribution is -2.36. The normalized spacial score (nSPS) is 23.4. The molecule has 0 saturated heterocycles. The van der Waals surface area contributed by atoms with Gasteiger partial charge in [0.2, 0.25) is 0 Å². The molecule has 2 unspecified atom stereocenters. The first-order valence-corrected chi connectivity index (χ1v) is 7.65. The molecule has 1 saturated carbocycles. The van der Waals surface area contributed by atoms with Gasteiger partial charge in [0.25, 0.3) is 0 Å². The van der Waals surface area contributed by atoms with E-state index >= 15 is 0 Å². The Morgan fingerprint density at radius 1 is 1.37 bits per heavy atom. The van der Waals surface area contributed by atoms with Crippen LogP contribution in [0, 0.1) is 5.92 Å². The van der Waals surface area contributed by atoms with Crippen LogP contribution in [0.1, 0.15) is 38.2 Å². The molecule has 0 aromatic heterocycles. The molecule has 19 heavy (non-hydrogen) atoms. The Morgan fingerprint density at radius 3 is 2.84 bits per heavy atom. The van der Waals surface area contributed by atoms with Gasteiger partial charge in [0.1, 0.15) is 0 Å². The van der Waals surface area contributed by atoms with Crippen LogP contribution in [0.5, 0.6) is 0 Å². The van der Waals surface area contributed by atoms with Gasteiger partial charge in [-0.15, -0.1) is 0 Å². The van der Waals surface area contributed by atoms with Crippen LogP contribution in [0.15, 0.2) is 18.2 Å².